The van der Waals surface area contributed by atoms with Crippen LogP contribution < -0.4 is 5.32 Å². The van der Waals surface area contributed by atoms with E-state index in [2.05, 4.69) is 15.3 Å². The summed E-state index contributed by atoms with van der Waals surface area (Å²) in [5, 5.41) is 3.28. The Labute approximate surface area is 161 Å². The SMILES string of the molecule is CSc1ncc(Cl)c(C(=O)OC(C)C(=O)Nc2c(C)cc(C)cc2C)n1. The molecule has 1 heterocycles. The standard InChI is InChI=1S/C18H20ClN3O3S/c1-9-6-10(2)14(11(3)7-9)21-16(23)12(4)25-17(24)15-13(19)8-20-18(22-15)26-5/h6-8,12H,1-5H3,(H,21,23). The number of benzene rings is 1. The predicted molar refractivity (Wildman–Crippen MR) is 103 cm³/mol. The molecule has 1 aromatic heterocycles. The van der Waals surface area contributed by atoms with Gasteiger partial charge >= 0.3 is 5.97 Å². The van der Waals surface area contributed by atoms with Crippen molar-refractivity contribution in [2.24, 2.45) is 0 Å². The number of anilines is 1. The highest BCUT2D eigenvalue weighted by Crippen LogP contribution is 2.23. The highest BCUT2D eigenvalue weighted by atomic mass is 35.5. The number of nitrogens with one attached hydrogen (secondary N) is 1. The number of esters is 1. The summed E-state index contributed by atoms with van der Waals surface area (Å²) in [5.74, 6) is -1.20. The molecule has 0 saturated heterocycles. The van der Waals surface area contributed by atoms with Gasteiger partial charge in [0, 0.05) is 5.69 Å². The van der Waals surface area contributed by atoms with Gasteiger partial charge in [0.2, 0.25) is 0 Å². The number of nitrogens with zero attached hydrogens (tertiary/aromatic N) is 2. The molecular weight excluding hydrogens is 374 g/mol. The number of thioether (sulfide) groups is 1. The van der Waals surface area contributed by atoms with Crippen molar-refractivity contribution in [3.8, 4) is 0 Å². The van der Waals surface area contributed by atoms with E-state index in [4.69, 9.17) is 16.3 Å². The summed E-state index contributed by atoms with van der Waals surface area (Å²) in [6.45, 7) is 7.31. The fourth-order valence-corrected chi connectivity index (χ4v) is 2.97. The van der Waals surface area contributed by atoms with Gasteiger partial charge in [0.15, 0.2) is 17.0 Å². The number of amides is 1. The van der Waals surface area contributed by atoms with Crippen molar-refractivity contribution >= 4 is 40.9 Å². The minimum absolute atomic E-state index is 0.0617. The fraction of sp³-hybridized carbons (Fsp3) is 0.333. The summed E-state index contributed by atoms with van der Waals surface area (Å²) in [7, 11) is 0. The molecule has 2 rings (SSSR count). The fourth-order valence-electron chi connectivity index (χ4n) is 2.46. The smallest absolute Gasteiger partial charge is 0.359 e. The van der Waals surface area contributed by atoms with Gasteiger partial charge in [-0.15, -0.1) is 0 Å². The molecule has 1 N–H and O–H groups in total. The van der Waals surface area contributed by atoms with E-state index >= 15 is 0 Å². The van der Waals surface area contributed by atoms with E-state index in [9.17, 15) is 9.59 Å². The van der Waals surface area contributed by atoms with Crippen LogP contribution >= 0.6 is 23.4 Å². The Hall–Kier alpha value is -2.12. The third-order valence-corrected chi connectivity index (χ3v) is 4.51. The van der Waals surface area contributed by atoms with Gasteiger partial charge in [-0.25, -0.2) is 14.8 Å². The number of carbonyl (C=O) groups is 2. The Balaban J connectivity index is 2.11. The molecule has 0 aliphatic heterocycles. The van der Waals surface area contributed by atoms with Gasteiger partial charge in [0.05, 0.1) is 11.2 Å². The normalized spacial score (nSPS) is 11.8. The predicted octanol–water partition coefficient (Wildman–Crippen LogP) is 3.96. The van der Waals surface area contributed by atoms with Gasteiger partial charge in [-0.2, -0.15) is 0 Å². The number of aryl methyl sites for hydroxylation is 3. The van der Waals surface area contributed by atoms with Crippen LogP contribution in [0.15, 0.2) is 23.5 Å². The zero-order valence-electron chi connectivity index (χ0n) is 15.2. The molecule has 0 fully saturated rings. The highest BCUT2D eigenvalue weighted by molar-refractivity contribution is 7.98. The molecular formula is C18H20ClN3O3S. The Morgan fingerprint density at radius 1 is 1.23 bits per heavy atom. The lowest BCUT2D eigenvalue weighted by atomic mass is 10.0. The van der Waals surface area contributed by atoms with Crippen LogP contribution in [-0.4, -0.2) is 34.2 Å². The van der Waals surface area contributed by atoms with E-state index in [-0.39, 0.29) is 10.7 Å². The largest absolute Gasteiger partial charge is 0.448 e. The number of hydrogen-bond acceptors (Lipinski definition) is 6. The topological polar surface area (TPSA) is 81.2 Å². The lowest BCUT2D eigenvalue weighted by molar-refractivity contribution is -0.123. The van der Waals surface area contributed by atoms with Gasteiger partial charge in [-0.05, 0) is 45.1 Å². The molecule has 1 amide bonds. The number of carbonyl (C=O) groups excluding carboxylic acids is 2. The molecule has 0 aliphatic carbocycles. The van der Waals surface area contributed by atoms with Crippen molar-refractivity contribution in [2.45, 2.75) is 39.0 Å². The van der Waals surface area contributed by atoms with Gasteiger partial charge in [-0.3, -0.25) is 4.79 Å². The average Bonchev–Trinajstić information content (AvgIpc) is 2.58. The molecule has 1 atom stereocenters. The van der Waals surface area contributed by atoms with Crippen molar-refractivity contribution in [1.82, 2.24) is 9.97 Å². The van der Waals surface area contributed by atoms with E-state index in [0.29, 0.717) is 10.8 Å². The summed E-state index contributed by atoms with van der Waals surface area (Å²) in [6, 6.07) is 3.95. The summed E-state index contributed by atoms with van der Waals surface area (Å²) < 4.78 is 5.22. The molecule has 0 radical (unpaired) electrons. The Morgan fingerprint density at radius 3 is 2.42 bits per heavy atom. The first-order valence-electron chi connectivity index (χ1n) is 7.89. The second-order valence-electron chi connectivity index (χ2n) is 5.86. The summed E-state index contributed by atoms with van der Waals surface area (Å²) in [6.07, 6.45) is 2.10. The third-order valence-electron chi connectivity index (χ3n) is 3.68. The molecule has 2 aromatic rings. The van der Waals surface area contributed by atoms with Crippen molar-refractivity contribution in [1.29, 1.82) is 0 Å². The molecule has 1 aromatic carbocycles. The van der Waals surface area contributed by atoms with Crippen LogP contribution in [-0.2, 0) is 9.53 Å². The second kappa shape index (κ2) is 8.51. The first kappa shape index (κ1) is 20.2. The van der Waals surface area contributed by atoms with Crippen LogP contribution in [0.3, 0.4) is 0 Å². The quantitative estimate of drug-likeness (QED) is 0.470. The van der Waals surface area contributed by atoms with Crippen LogP contribution in [0.5, 0.6) is 0 Å². The molecule has 0 aliphatic rings. The first-order valence-corrected chi connectivity index (χ1v) is 9.49. The summed E-state index contributed by atoms with van der Waals surface area (Å²) >= 11 is 7.23. The second-order valence-corrected chi connectivity index (χ2v) is 7.04. The van der Waals surface area contributed by atoms with Crippen LogP contribution in [0.4, 0.5) is 5.69 Å². The van der Waals surface area contributed by atoms with Crippen LogP contribution in [0, 0.1) is 20.8 Å². The van der Waals surface area contributed by atoms with Crippen LogP contribution in [0.2, 0.25) is 5.02 Å². The van der Waals surface area contributed by atoms with E-state index in [0.717, 1.165) is 16.7 Å². The number of rotatable bonds is 5. The molecule has 26 heavy (non-hydrogen) atoms. The Morgan fingerprint density at radius 2 is 1.85 bits per heavy atom. The van der Waals surface area contributed by atoms with E-state index < -0.39 is 18.0 Å². The van der Waals surface area contributed by atoms with Crippen molar-refractivity contribution in [3.05, 3.63) is 45.7 Å². The maximum Gasteiger partial charge on any atom is 0.359 e. The maximum atomic E-state index is 12.4. The van der Waals surface area contributed by atoms with Gasteiger partial charge in [-0.1, -0.05) is 41.1 Å². The lowest BCUT2D eigenvalue weighted by Gasteiger charge is -2.17. The van der Waals surface area contributed by atoms with Gasteiger partial charge < -0.3 is 10.1 Å². The molecule has 0 spiro atoms. The Kier molecular flexibility index (Phi) is 6.61. The van der Waals surface area contributed by atoms with Crippen LogP contribution in [0.1, 0.15) is 34.1 Å². The minimum atomic E-state index is -1.01. The number of halogens is 1. The van der Waals surface area contributed by atoms with Crippen molar-refractivity contribution < 1.29 is 14.3 Å². The average molecular weight is 394 g/mol. The van der Waals surface area contributed by atoms with Crippen molar-refractivity contribution in [3.63, 3.8) is 0 Å². The molecule has 138 valence electrons. The van der Waals surface area contributed by atoms with Gasteiger partial charge in [0.1, 0.15) is 0 Å². The molecule has 8 heteroatoms. The van der Waals surface area contributed by atoms with Crippen molar-refractivity contribution in [2.75, 3.05) is 11.6 Å². The first-order chi connectivity index (χ1) is 12.2. The number of hydrogen-bond donors (Lipinski definition) is 1. The number of ether oxygens (including phenoxy) is 1. The lowest BCUT2D eigenvalue weighted by Crippen LogP contribution is -2.31. The number of aromatic nitrogens is 2. The summed E-state index contributed by atoms with van der Waals surface area (Å²) in [4.78, 5) is 32.7. The molecule has 0 bridgehead atoms. The van der Waals surface area contributed by atoms with Crippen LogP contribution in [0.25, 0.3) is 0 Å². The zero-order valence-corrected chi connectivity index (χ0v) is 16.8. The zero-order chi connectivity index (χ0) is 19.4. The summed E-state index contributed by atoms with van der Waals surface area (Å²) in [5.41, 5.74) is 3.65. The highest BCUT2D eigenvalue weighted by Gasteiger charge is 2.23. The minimum Gasteiger partial charge on any atom is -0.448 e. The van der Waals surface area contributed by atoms with E-state index in [1.54, 1.807) is 6.26 Å². The Bertz CT molecular complexity index is 835. The molecule has 6 nitrogen and oxygen atoms in total. The third kappa shape index (κ3) is 4.74. The maximum absolute atomic E-state index is 12.4. The van der Waals surface area contributed by atoms with Gasteiger partial charge in [0.25, 0.3) is 5.91 Å². The van der Waals surface area contributed by atoms with E-state index in [1.165, 1.54) is 24.9 Å². The molecule has 0 saturated carbocycles. The molecule has 1 unspecified atom stereocenters. The monoisotopic (exact) mass is 393 g/mol. The van der Waals surface area contributed by atoms with E-state index in [1.807, 2.05) is 32.9 Å².